The maximum atomic E-state index is 10.5. The minimum atomic E-state index is -0.577. The average molecular weight is 272 g/mol. The minimum absolute atomic E-state index is 0.296. The molecule has 0 bridgehead atoms. The second-order valence-electron chi connectivity index (χ2n) is 2.83. The first-order valence-corrected chi connectivity index (χ1v) is 4.83. The number of hydrogen-bond donors (Lipinski definition) is 0. The van der Waals surface area contributed by atoms with E-state index in [1.807, 2.05) is 0 Å². The first kappa shape index (κ1) is 9.97. The predicted molar refractivity (Wildman–Crippen MR) is 57.1 cm³/mol. The van der Waals surface area contributed by atoms with E-state index in [-0.39, 0.29) is 5.88 Å². The van der Waals surface area contributed by atoms with Gasteiger partial charge in [-0.25, -0.2) is 0 Å². The fourth-order valence-corrected chi connectivity index (χ4v) is 1.73. The third kappa shape index (κ3) is 1.56. The molecule has 0 aliphatic heterocycles. The van der Waals surface area contributed by atoms with Crippen molar-refractivity contribution in [3.63, 3.8) is 0 Å². The Morgan fingerprint density at radius 1 is 1.53 bits per heavy atom. The highest BCUT2D eigenvalue weighted by Crippen LogP contribution is 2.36. The van der Waals surface area contributed by atoms with Gasteiger partial charge in [-0.05, 0) is 12.1 Å². The number of furan rings is 1. The molecule has 0 N–H and O–H groups in total. The van der Waals surface area contributed by atoms with Gasteiger partial charge in [0.25, 0.3) is 0 Å². The van der Waals surface area contributed by atoms with Crippen LogP contribution in [0.3, 0.4) is 0 Å². The van der Waals surface area contributed by atoms with Crippen LogP contribution in [0.25, 0.3) is 11.0 Å². The molecule has 1 aromatic carbocycles. The lowest BCUT2D eigenvalue weighted by molar-refractivity contribution is -0.401. The molecule has 78 valence electrons. The van der Waals surface area contributed by atoms with Crippen LogP contribution in [0.15, 0.2) is 27.1 Å². The second kappa shape index (κ2) is 3.54. The largest absolute Gasteiger partial charge is 0.493 e. The van der Waals surface area contributed by atoms with Crippen molar-refractivity contribution in [2.24, 2.45) is 0 Å². The van der Waals surface area contributed by atoms with Crippen molar-refractivity contribution in [2.75, 3.05) is 7.11 Å². The van der Waals surface area contributed by atoms with Crippen molar-refractivity contribution < 1.29 is 14.1 Å². The number of nitro groups is 1. The maximum Gasteiger partial charge on any atom is 0.434 e. The van der Waals surface area contributed by atoms with E-state index < -0.39 is 4.92 Å². The Bertz CT molecular complexity index is 534. The third-order valence-corrected chi connectivity index (χ3v) is 2.67. The van der Waals surface area contributed by atoms with Gasteiger partial charge in [0, 0.05) is 9.86 Å². The van der Waals surface area contributed by atoms with Crippen LogP contribution in [0.2, 0.25) is 0 Å². The van der Waals surface area contributed by atoms with E-state index in [9.17, 15) is 10.1 Å². The number of methoxy groups -OCH3 is 1. The number of ether oxygens (including phenoxy) is 1. The molecular formula is C9H6BrNO4. The smallest absolute Gasteiger partial charge is 0.434 e. The van der Waals surface area contributed by atoms with Gasteiger partial charge in [-0.1, -0.05) is 15.9 Å². The lowest BCUT2D eigenvalue weighted by Gasteiger charge is -1.99. The Morgan fingerprint density at radius 2 is 2.27 bits per heavy atom. The Kier molecular flexibility index (Phi) is 2.36. The molecule has 6 heteroatoms. The summed E-state index contributed by atoms with van der Waals surface area (Å²) in [4.78, 5) is 9.96. The Morgan fingerprint density at radius 3 is 2.87 bits per heavy atom. The van der Waals surface area contributed by atoms with E-state index >= 15 is 0 Å². The number of benzene rings is 1. The molecule has 0 unspecified atom stereocenters. The molecule has 0 aliphatic rings. The number of hydrogen-bond acceptors (Lipinski definition) is 4. The van der Waals surface area contributed by atoms with Crippen molar-refractivity contribution >= 4 is 32.8 Å². The van der Waals surface area contributed by atoms with Crippen LogP contribution in [0.4, 0.5) is 5.88 Å². The van der Waals surface area contributed by atoms with Gasteiger partial charge in [0.1, 0.15) is 4.92 Å². The third-order valence-electron chi connectivity index (χ3n) is 1.98. The SMILES string of the molecule is COc1ccc(Br)c2cc([N+](=O)[O-])oc12. The highest BCUT2D eigenvalue weighted by Gasteiger charge is 2.18. The summed E-state index contributed by atoms with van der Waals surface area (Å²) in [5, 5.41) is 11.2. The molecule has 0 fully saturated rings. The van der Waals surface area contributed by atoms with Crippen LogP contribution < -0.4 is 4.74 Å². The van der Waals surface area contributed by atoms with E-state index in [4.69, 9.17) is 9.15 Å². The highest BCUT2D eigenvalue weighted by atomic mass is 79.9. The molecule has 15 heavy (non-hydrogen) atoms. The summed E-state index contributed by atoms with van der Waals surface area (Å²) in [6, 6.07) is 4.79. The summed E-state index contributed by atoms with van der Waals surface area (Å²) in [5.74, 6) is 0.177. The fraction of sp³-hybridized carbons (Fsp3) is 0.111. The van der Waals surface area contributed by atoms with Crippen molar-refractivity contribution in [1.82, 2.24) is 0 Å². The van der Waals surface area contributed by atoms with Gasteiger partial charge in [-0.15, -0.1) is 0 Å². The van der Waals surface area contributed by atoms with Crippen molar-refractivity contribution in [2.45, 2.75) is 0 Å². The topological polar surface area (TPSA) is 65.5 Å². The van der Waals surface area contributed by atoms with E-state index in [1.165, 1.54) is 13.2 Å². The van der Waals surface area contributed by atoms with E-state index in [1.54, 1.807) is 12.1 Å². The van der Waals surface area contributed by atoms with Gasteiger partial charge in [0.15, 0.2) is 11.3 Å². The molecule has 0 saturated carbocycles. The zero-order valence-corrected chi connectivity index (χ0v) is 9.28. The summed E-state index contributed by atoms with van der Waals surface area (Å²) in [5.41, 5.74) is 0.374. The second-order valence-corrected chi connectivity index (χ2v) is 3.69. The van der Waals surface area contributed by atoms with Gasteiger partial charge in [-0.3, -0.25) is 10.1 Å². The zero-order valence-electron chi connectivity index (χ0n) is 7.69. The summed E-state index contributed by atoms with van der Waals surface area (Å²) in [6.07, 6.45) is 0. The van der Waals surface area contributed by atoms with Crippen molar-refractivity contribution in [3.8, 4) is 5.75 Å². The number of fused-ring (bicyclic) bond motifs is 1. The number of halogens is 1. The quantitative estimate of drug-likeness (QED) is 0.622. The van der Waals surface area contributed by atoms with Crippen LogP contribution in [0.5, 0.6) is 5.75 Å². The van der Waals surface area contributed by atoms with Gasteiger partial charge < -0.3 is 9.15 Å². The highest BCUT2D eigenvalue weighted by molar-refractivity contribution is 9.10. The molecule has 1 heterocycles. The van der Waals surface area contributed by atoms with Gasteiger partial charge in [0.05, 0.1) is 13.2 Å². The summed E-state index contributed by atoms with van der Waals surface area (Å²) in [7, 11) is 1.48. The Balaban J connectivity index is 2.77. The molecule has 0 saturated heterocycles. The Labute approximate surface area is 92.9 Å². The average Bonchev–Trinajstić information content (AvgIpc) is 2.64. The summed E-state index contributed by atoms with van der Waals surface area (Å²) >= 11 is 3.28. The molecule has 0 radical (unpaired) electrons. The van der Waals surface area contributed by atoms with Gasteiger partial charge in [-0.2, -0.15) is 0 Å². The molecule has 0 spiro atoms. The van der Waals surface area contributed by atoms with Gasteiger partial charge in [0.2, 0.25) is 0 Å². The van der Waals surface area contributed by atoms with Crippen LogP contribution in [0, 0.1) is 10.1 Å². The first-order chi connectivity index (χ1) is 7.13. The molecule has 0 atom stereocenters. The van der Waals surface area contributed by atoms with E-state index in [2.05, 4.69) is 15.9 Å². The van der Waals surface area contributed by atoms with E-state index in [0.29, 0.717) is 16.7 Å². The lowest BCUT2D eigenvalue weighted by Crippen LogP contribution is -1.83. The van der Waals surface area contributed by atoms with Crippen molar-refractivity contribution in [1.29, 1.82) is 0 Å². The van der Waals surface area contributed by atoms with Crippen LogP contribution >= 0.6 is 15.9 Å². The van der Waals surface area contributed by atoms with Crippen LogP contribution in [0.1, 0.15) is 0 Å². The van der Waals surface area contributed by atoms with Crippen molar-refractivity contribution in [3.05, 3.63) is 32.8 Å². The number of nitrogens with zero attached hydrogens (tertiary/aromatic N) is 1. The number of rotatable bonds is 2. The summed E-state index contributed by atoms with van der Waals surface area (Å²) < 4.78 is 10.8. The molecule has 0 amide bonds. The normalized spacial score (nSPS) is 10.5. The predicted octanol–water partition coefficient (Wildman–Crippen LogP) is 3.11. The van der Waals surface area contributed by atoms with E-state index in [0.717, 1.165) is 4.47 Å². The van der Waals surface area contributed by atoms with Gasteiger partial charge >= 0.3 is 5.88 Å². The molecule has 5 nitrogen and oxygen atoms in total. The standard InChI is InChI=1S/C9H6BrNO4/c1-14-7-3-2-6(10)5-4-8(11(12)13)15-9(5)7/h2-4H,1H3. The first-order valence-electron chi connectivity index (χ1n) is 4.04. The maximum absolute atomic E-state index is 10.5. The fourth-order valence-electron chi connectivity index (χ4n) is 1.30. The molecule has 0 aliphatic carbocycles. The molecular weight excluding hydrogens is 266 g/mol. The molecule has 2 rings (SSSR count). The molecule has 1 aromatic heterocycles. The summed E-state index contributed by atoms with van der Waals surface area (Å²) in [6.45, 7) is 0. The van der Waals surface area contributed by atoms with Crippen LogP contribution in [-0.4, -0.2) is 12.0 Å². The van der Waals surface area contributed by atoms with Crippen LogP contribution in [-0.2, 0) is 0 Å². The Hall–Kier alpha value is -1.56. The monoisotopic (exact) mass is 271 g/mol. The lowest BCUT2D eigenvalue weighted by atomic mass is 10.2. The minimum Gasteiger partial charge on any atom is -0.493 e. The zero-order chi connectivity index (χ0) is 11.0. The molecule has 2 aromatic rings.